The number of likely N-dealkylation sites (tertiary alicyclic amines) is 2. The normalized spacial score (nSPS) is 25.1. The molecule has 0 bridgehead atoms. The summed E-state index contributed by atoms with van der Waals surface area (Å²) in [6, 6.07) is 3.20. The maximum atomic E-state index is 13.2. The van der Waals surface area contributed by atoms with Gasteiger partial charge in [-0.05, 0) is 51.0 Å². The second-order valence-electron chi connectivity index (χ2n) is 8.57. The number of carbonyl (C=O) groups is 2. The van der Waals surface area contributed by atoms with Crippen LogP contribution in [0.5, 0.6) is 0 Å². The van der Waals surface area contributed by atoms with Crippen LogP contribution in [0.4, 0.5) is 0 Å². The summed E-state index contributed by atoms with van der Waals surface area (Å²) in [5.41, 5.74) is -0.225. The van der Waals surface area contributed by atoms with Gasteiger partial charge >= 0.3 is 0 Å². The molecule has 0 radical (unpaired) electrons. The largest absolute Gasteiger partial charge is 0.342 e. The number of piperidine rings is 1. The Kier molecular flexibility index (Phi) is 4.74. The molecule has 3 aliphatic rings. The van der Waals surface area contributed by atoms with Crippen LogP contribution in [0.15, 0.2) is 10.9 Å². The zero-order valence-corrected chi connectivity index (χ0v) is 16.3. The molecule has 1 aliphatic carbocycles. The van der Waals surface area contributed by atoms with Crippen molar-refractivity contribution in [3.63, 3.8) is 0 Å². The SMILES string of the molecule is Cc1[nH]c(=O)c(C#N)cc1C(=O)N1CC[C@@]2(CCCN(CC3CCC3)C2=O)C1. The minimum Gasteiger partial charge on any atom is -0.342 e. The van der Waals surface area contributed by atoms with Crippen molar-refractivity contribution in [2.24, 2.45) is 11.3 Å². The molecule has 7 nitrogen and oxygen atoms in total. The first-order valence-corrected chi connectivity index (χ1v) is 10.2. The number of rotatable bonds is 3. The van der Waals surface area contributed by atoms with E-state index in [1.54, 1.807) is 11.8 Å². The van der Waals surface area contributed by atoms with Gasteiger partial charge in [-0.2, -0.15) is 5.26 Å². The topological polar surface area (TPSA) is 97.3 Å². The van der Waals surface area contributed by atoms with Crippen molar-refractivity contribution >= 4 is 11.8 Å². The molecule has 1 spiro atoms. The number of pyridine rings is 1. The molecule has 1 aromatic heterocycles. The van der Waals surface area contributed by atoms with Crippen LogP contribution < -0.4 is 5.56 Å². The summed E-state index contributed by atoms with van der Waals surface area (Å²) in [5.74, 6) is 0.634. The zero-order valence-electron chi connectivity index (χ0n) is 16.3. The Morgan fingerprint density at radius 3 is 2.75 bits per heavy atom. The van der Waals surface area contributed by atoms with Gasteiger partial charge in [0.25, 0.3) is 11.5 Å². The van der Waals surface area contributed by atoms with Gasteiger partial charge in [0, 0.05) is 31.9 Å². The molecule has 2 aliphatic heterocycles. The Morgan fingerprint density at radius 2 is 2.07 bits per heavy atom. The van der Waals surface area contributed by atoms with Crippen LogP contribution in [-0.2, 0) is 4.79 Å². The van der Waals surface area contributed by atoms with E-state index in [1.165, 1.54) is 25.3 Å². The molecular weight excluding hydrogens is 356 g/mol. The smallest absolute Gasteiger partial charge is 0.266 e. The third kappa shape index (κ3) is 3.11. The first-order valence-electron chi connectivity index (χ1n) is 10.2. The molecule has 1 N–H and O–H groups in total. The average molecular weight is 382 g/mol. The molecule has 7 heteroatoms. The van der Waals surface area contributed by atoms with Crippen molar-refractivity contribution in [1.29, 1.82) is 5.26 Å². The Bertz CT molecular complexity index is 911. The minimum atomic E-state index is -0.483. The third-order valence-electron chi connectivity index (χ3n) is 6.76. The van der Waals surface area contributed by atoms with Gasteiger partial charge in [0.2, 0.25) is 5.91 Å². The van der Waals surface area contributed by atoms with Crippen LogP contribution in [0, 0.1) is 29.6 Å². The number of H-pyrrole nitrogens is 1. The molecule has 0 aromatic carbocycles. The monoisotopic (exact) mass is 382 g/mol. The van der Waals surface area contributed by atoms with E-state index in [9.17, 15) is 14.4 Å². The molecular formula is C21H26N4O3. The van der Waals surface area contributed by atoms with E-state index >= 15 is 0 Å². The fraction of sp³-hybridized carbons (Fsp3) is 0.619. The number of aromatic nitrogens is 1. The van der Waals surface area contributed by atoms with E-state index in [4.69, 9.17) is 5.26 Å². The van der Waals surface area contributed by atoms with Crippen molar-refractivity contribution in [1.82, 2.24) is 14.8 Å². The van der Waals surface area contributed by atoms with Gasteiger partial charge in [-0.15, -0.1) is 0 Å². The van der Waals surface area contributed by atoms with Gasteiger partial charge in [-0.3, -0.25) is 14.4 Å². The van der Waals surface area contributed by atoms with Gasteiger partial charge in [-0.25, -0.2) is 0 Å². The maximum Gasteiger partial charge on any atom is 0.266 e. The predicted molar refractivity (Wildman–Crippen MR) is 103 cm³/mol. The fourth-order valence-corrected chi connectivity index (χ4v) is 4.84. The number of aryl methyl sites for hydroxylation is 1. The number of nitriles is 1. The summed E-state index contributed by atoms with van der Waals surface area (Å²) in [6.07, 6.45) is 6.19. The Labute approximate surface area is 164 Å². The van der Waals surface area contributed by atoms with Crippen LogP contribution in [-0.4, -0.2) is 52.8 Å². The number of nitrogens with zero attached hydrogens (tertiary/aromatic N) is 3. The van der Waals surface area contributed by atoms with E-state index < -0.39 is 11.0 Å². The van der Waals surface area contributed by atoms with Gasteiger partial charge < -0.3 is 14.8 Å². The van der Waals surface area contributed by atoms with Crippen molar-refractivity contribution < 1.29 is 9.59 Å². The highest BCUT2D eigenvalue weighted by Crippen LogP contribution is 2.41. The quantitative estimate of drug-likeness (QED) is 0.862. The van der Waals surface area contributed by atoms with Gasteiger partial charge in [0.05, 0.1) is 11.0 Å². The van der Waals surface area contributed by atoms with Crippen molar-refractivity contribution in [2.75, 3.05) is 26.2 Å². The second-order valence-corrected chi connectivity index (χ2v) is 8.57. The van der Waals surface area contributed by atoms with Gasteiger partial charge in [0.1, 0.15) is 11.6 Å². The summed E-state index contributed by atoms with van der Waals surface area (Å²) in [5, 5.41) is 9.10. The van der Waals surface area contributed by atoms with Gasteiger partial charge in [-0.1, -0.05) is 6.42 Å². The number of hydrogen-bond acceptors (Lipinski definition) is 4. The summed E-state index contributed by atoms with van der Waals surface area (Å²) >= 11 is 0. The molecule has 3 fully saturated rings. The van der Waals surface area contributed by atoms with Crippen molar-refractivity contribution in [3.8, 4) is 6.07 Å². The van der Waals surface area contributed by atoms with E-state index in [1.807, 2.05) is 11.0 Å². The van der Waals surface area contributed by atoms with Crippen LogP contribution in [0.1, 0.15) is 60.1 Å². The Balaban J connectivity index is 1.51. The number of amides is 2. The molecule has 1 atom stereocenters. The predicted octanol–water partition coefficient (Wildman–Crippen LogP) is 1.81. The number of hydrogen-bond donors (Lipinski definition) is 1. The molecule has 3 heterocycles. The van der Waals surface area contributed by atoms with Crippen LogP contribution in [0.2, 0.25) is 0 Å². The van der Waals surface area contributed by atoms with Crippen LogP contribution >= 0.6 is 0 Å². The lowest BCUT2D eigenvalue weighted by Crippen LogP contribution is -2.52. The standard InChI is InChI=1S/C21H26N4O3/c1-14-17(10-16(11-22)18(26)23-14)19(27)25-9-7-21(13-25)6-3-8-24(20(21)28)12-15-4-2-5-15/h10,15H,2-9,12-13H2,1H3,(H,23,26)/t21-/m0/s1. The molecule has 2 saturated heterocycles. The average Bonchev–Trinajstić information content (AvgIpc) is 3.06. The maximum absolute atomic E-state index is 13.2. The highest BCUT2D eigenvalue weighted by atomic mass is 16.2. The Hall–Kier alpha value is -2.62. The Morgan fingerprint density at radius 1 is 1.29 bits per heavy atom. The summed E-state index contributed by atoms with van der Waals surface area (Å²) in [7, 11) is 0. The van der Waals surface area contributed by atoms with Crippen LogP contribution in [0.25, 0.3) is 0 Å². The minimum absolute atomic E-state index is 0.0664. The zero-order chi connectivity index (χ0) is 19.9. The first-order chi connectivity index (χ1) is 13.4. The van der Waals surface area contributed by atoms with Gasteiger partial charge in [0.15, 0.2) is 0 Å². The summed E-state index contributed by atoms with van der Waals surface area (Å²) in [4.78, 5) is 44.4. The van der Waals surface area contributed by atoms with E-state index in [0.717, 1.165) is 25.9 Å². The lowest BCUT2D eigenvalue weighted by Gasteiger charge is -2.42. The summed E-state index contributed by atoms with van der Waals surface area (Å²) in [6.45, 7) is 4.30. The lowest BCUT2D eigenvalue weighted by atomic mass is 9.77. The molecule has 1 aromatic rings. The van der Waals surface area contributed by atoms with E-state index in [-0.39, 0.29) is 17.4 Å². The molecule has 2 amide bonds. The van der Waals surface area contributed by atoms with E-state index in [2.05, 4.69) is 4.98 Å². The number of carbonyl (C=O) groups excluding carboxylic acids is 2. The highest BCUT2D eigenvalue weighted by molar-refractivity contribution is 5.96. The lowest BCUT2D eigenvalue weighted by molar-refractivity contribution is -0.146. The van der Waals surface area contributed by atoms with Crippen molar-refractivity contribution in [2.45, 2.75) is 45.4 Å². The number of aromatic amines is 1. The first kappa shape index (κ1) is 18.7. The molecule has 148 valence electrons. The summed E-state index contributed by atoms with van der Waals surface area (Å²) < 4.78 is 0. The van der Waals surface area contributed by atoms with Crippen LogP contribution in [0.3, 0.4) is 0 Å². The highest BCUT2D eigenvalue weighted by Gasteiger charge is 2.49. The number of nitrogens with one attached hydrogen (secondary N) is 1. The van der Waals surface area contributed by atoms with E-state index in [0.29, 0.717) is 36.7 Å². The molecule has 28 heavy (non-hydrogen) atoms. The molecule has 4 rings (SSSR count). The molecule has 0 unspecified atom stereocenters. The third-order valence-corrected chi connectivity index (χ3v) is 6.76. The second kappa shape index (κ2) is 7.08. The van der Waals surface area contributed by atoms with Crippen molar-refractivity contribution in [3.05, 3.63) is 33.2 Å². The molecule has 1 saturated carbocycles. The fourth-order valence-electron chi connectivity index (χ4n) is 4.84.